The molecule has 0 aliphatic heterocycles. The van der Waals surface area contributed by atoms with Crippen LogP contribution in [0.25, 0.3) is 10.9 Å². The fraction of sp³-hybridized carbons (Fsp3) is 0.364. The van der Waals surface area contributed by atoms with Gasteiger partial charge in [-0.3, -0.25) is 9.59 Å². The molecule has 0 saturated carbocycles. The highest BCUT2D eigenvalue weighted by molar-refractivity contribution is 5.77. The van der Waals surface area contributed by atoms with Gasteiger partial charge in [-0.25, -0.2) is 4.68 Å². The molecule has 1 heterocycles. The summed E-state index contributed by atoms with van der Waals surface area (Å²) in [6.07, 6.45) is 4.95. The summed E-state index contributed by atoms with van der Waals surface area (Å²) >= 11 is 0. The number of benzene rings is 2. The first-order valence-electron chi connectivity index (χ1n) is 9.85. The highest BCUT2D eigenvalue weighted by Crippen LogP contribution is 2.24. The summed E-state index contributed by atoms with van der Waals surface area (Å²) in [5, 5.41) is 11.5. The van der Waals surface area contributed by atoms with Crippen LogP contribution in [0.2, 0.25) is 0 Å². The quantitative estimate of drug-likeness (QED) is 0.743. The third kappa shape index (κ3) is 3.81. The van der Waals surface area contributed by atoms with Crippen molar-refractivity contribution in [2.24, 2.45) is 0 Å². The molecule has 0 spiro atoms. The number of amides is 1. The zero-order valence-electron chi connectivity index (χ0n) is 16.0. The van der Waals surface area contributed by atoms with Gasteiger partial charge in [0.15, 0.2) is 0 Å². The summed E-state index contributed by atoms with van der Waals surface area (Å²) in [7, 11) is 0. The second-order valence-corrected chi connectivity index (χ2v) is 7.41. The van der Waals surface area contributed by atoms with E-state index in [1.54, 1.807) is 18.2 Å². The average Bonchev–Trinajstić information content (AvgIpc) is 2.73. The van der Waals surface area contributed by atoms with Crippen LogP contribution in [0.3, 0.4) is 0 Å². The predicted molar refractivity (Wildman–Crippen MR) is 108 cm³/mol. The standard InChI is InChI=1S/C22H24N4O2/c1-15(17-11-10-16-6-2-3-7-18(16)14-17)23-21(27)12-13-26-22(28)19-8-4-5-9-20(19)24-25-26/h4-5,8-11,14-15H,2-3,6-7,12-13H2,1H3,(H,23,27). The molecule has 2 aromatic carbocycles. The Balaban J connectivity index is 1.39. The number of nitrogens with zero attached hydrogens (tertiary/aromatic N) is 3. The van der Waals surface area contributed by atoms with E-state index in [-0.39, 0.29) is 30.5 Å². The fourth-order valence-electron chi connectivity index (χ4n) is 3.80. The first-order valence-corrected chi connectivity index (χ1v) is 9.85. The highest BCUT2D eigenvalue weighted by atomic mass is 16.2. The fourth-order valence-corrected chi connectivity index (χ4v) is 3.80. The molecule has 1 amide bonds. The lowest BCUT2D eigenvalue weighted by atomic mass is 9.89. The van der Waals surface area contributed by atoms with E-state index in [4.69, 9.17) is 0 Å². The number of fused-ring (bicyclic) bond motifs is 2. The molecule has 28 heavy (non-hydrogen) atoms. The van der Waals surface area contributed by atoms with Crippen molar-refractivity contribution < 1.29 is 4.79 Å². The van der Waals surface area contributed by atoms with Gasteiger partial charge in [-0.2, -0.15) is 0 Å². The van der Waals surface area contributed by atoms with Gasteiger partial charge in [-0.15, -0.1) is 5.10 Å². The summed E-state index contributed by atoms with van der Waals surface area (Å²) < 4.78 is 1.26. The van der Waals surface area contributed by atoms with E-state index >= 15 is 0 Å². The number of carbonyl (C=O) groups excluding carboxylic acids is 1. The van der Waals surface area contributed by atoms with Gasteiger partial charge >= 0.3 is 0 Å². The minimum absolute atomic E-state index is 0.0702. The Morgan fingerprint density at radius 2 is 1.93 bits per heavy atom. The van der Waals surface area contributed by atoms with Crippen LogP contribution in [0.1, 0.15) is 48.9 Å². The van der Waals surface area contributed by atoms with E-state index in [1.807, 2.05) is 13.0 Å². The zero-order valence-corrected chi connectivity index (χ0v) is 16.0. The Kier molecular flexibility index (Phi) is 5.19. The summed E-state index contributed by atoms with van der Waals surface area (Å²) in [5.41, 5.74) is 4.30. The van der Waals surface area contributed by atoms with Crippen LogP contribution in [0.15, 0.2) is 47.3 Å². The van der Waals surface area contributed by atoms with Crippen molar-refractivity contribution in [3.05, 3.63) is 69.5 Å². The molecular weight excluding hydrogens is 352 g/mol. The van der Waals surface area contributed by atoms with Crippen molar-refractivity contribution in [1.29, 1.82) is 0 Å². The van der Waals surface area contributed by atoms with Crippen LogP contribution in [-0.4, -0.2) is 20.9 Å². The van der Waals surface area contributed by atoms with Crippen LogP contribution in [0.4, 0.5) is 0 Å². The van der Waals surface area contributed by atoms with Gasteiger partial charge in [0.2, 0.25) is 5.91 Å². The van der Waals surface area contributed by atoms with Crippen molar-refractivity contribution in [2.45, 2.75) is 51.6 Å². The maximum atomic E-state index is 12.4. The summed E-state index contributed by atoms with van der Waals surface area (Å²) in [6, 6.07) is 13.5. The minimum Gasteiger partial charge on any atom is -0.350 e. The molecule has 0 bridgehead atoms. The van der Waals surface area contributed by atoms with Gasteiger partial charge in [-0.1, -0.05) is 35.5 Å². The maximum absolute atomic E-state index is 12.4. The third-order valence-corrected chi connectivity index (χ3v) is 5.43. The summed E-state index contributed by atoms with van der Waals surface area (Å²) in [5.74, 6) is -0.105. The van der Waals surface area contributed by atoms with E-state index in [1.165, 1.54) is 28.7 Å². The van der Waals surface area contributed by atoms with Crippen LogP contribution in [0, 0.1) is 0 Å². The van der Waals surface area contributed by atoms with E-state index in [0.717, 1.165) is 18.4 Å². The Morgan fingerprint density at radius 1 is 1.14 bits per heavy atom. The lowest BCUT2D eigenvalue weighted by Gasteiger charge is -2.20. The smallest absolute Gasteiger partial charge is 0.277 e. The summed E-state index contributed by atoms with van der Waals surface area (Å²) in [6.45, 7) is 2.20. The number of hydrogen-bond acceptors (Lipinski definition) is 4. The molecule has 6 heteroatoms. The molecule has 6 nitrogen and oxygen atoms in total. The topological polar surface area (TPSA) is 76.9 Å². The molecule has 0 radical (unpaired) electrons. The van der Waals surface area contributed by atoms with E-state index in [9.17, 15) is 9.59 Å². The number of carbonyl (C=O) groups is 1. The van der Waals surface area contributed by atoms with E-state index in [0.29, 0.717) is 10.9 Å². The molecular formula is C22H24N4O2. The molecule has 1 atom stereocenters. The molecule has 0 saturated heterocycles. The lowest BCUT2D eigenvalue weighted by molar-refractivity contribution is -0.122. The Hall–Kier alpha value is -3.02. The Morgan fingerprint density at radius 3 is 2.79 bits per heavy atom. The normalized spacial score (nSPS) is 14.5. The van der Waals surface area contributed by atoms with Crippen LogP contribution in [0.5, 0.6) is 0 Å². The number of aryl methyl sites for hydroxylation is 3. The average molecular weight is 376 g/mol. The third-order valence-electron chi connectivity index (χ3n) is 5.43. The van der Waals surface area contributed by atoms with Crippen LogP contribution in [-0.2, 0) is 24.2 Å². The Bertz CT molecular complexity index is 1070. The number of rotatable bonds is 5. The SMILES string of the molecule is CC(NC(=O)CCn1nnc2ccccc2c1=O)c1ccc2c(c1)CCCC2. The molecule has 1 aromatic heterocycles. The van der Waals surface area contributed by atoms with E-state index < -0.39 is 0 Å². The Labute approximate surface area is 163 Å². The molecule has 1 aliphatic carbocycles. The monoisotopic (exact) mass is 376 g/mol. The second-order valence-electron chi connectivity index (χ2n) is 7.41. The van der Waals surface area contributed by atoms with Gasteiger partial charge in [0.25, 0.3) is 5.56 Å². The van der Waals surface area contributed by atoms with Crippen molar-refractivity contribution in [2.75, 3.05) is 0 Å². The molecule has 0 fully saturated rings. The van der Waals surface area contributed by atoms with E-state index in [2.05, 4.69) is 33.8 Å². The van der Waals surface area contributed by atoms with Crippen molar-refractivity contribution >= 4 is 16.8 Å². The molecule has 4 rings (SSSR count). The molecule has 1 unspecified atom stereocenters. The van der Waals surface area contributed by atoms with Gasteiger partial charge in [-0.05, 0) is 61.4 Å². The largest absolute Gasteiger partial charge is 0.350 e. The molecule has 1 aliphatic rings. The van der Waals surface area contributed by atoms with Gasteiger partial charge in [0.1, 0.15) is 5.52 Å². The van der Waals surface area contributed by atoms with Crippen molar-refractivity contribution in [1.82, 2.24) is 20.3 Å². The highest BCUT2D eigenvalue weighted by Gasteiger charge is 2.14. The molecule has 3 aromatic rings. The van der Waals surface area contributed by atoms with Crippen LogP contribution >= 0.6 is 0 Å². The summed E-state index contributed by atoms with van der Waals surface area (Å²) in [4.78, 5) is 24.8. The van der Waals surface area contributed by atoms with Crippen LogP contribution < -0.4 is 10.9 Å². The number of nitrogens with one attached hydrogen (secondary N) is 1. The predicted octanol–water partition coefficient (Wildman–Crippen LogP) is 2.94. The molecule has 144 valence electrons. The van der Waals surface area contributed by atoms with Gasteiger partial charge < -0.3 is 5.32 Å². The first-order chi connectivity index (χ1) is 13.6. The van der Waals surface area contributed by atoms with Gasteiger partial charge in [0, 0.05) is 6.42 Å². The van der Waals surface area contributed by atoms with Crippen molar-refractivity contribution in [3.8, 4) is 0 Å². The van der Waals surface area contributed by atoms with Crippen molar-refractivity contribution in [3.63, 3.8) is 0 Å². The lowest BCUT2D eigenvalue weighted by Crippen LogP contribution is -2.30. The zero-order chi connectivity index (χ0) is 19.5. The number of aromatic nitrogens is 3. The second kappa shape index (κ2) is 7.92. The molecule has 1 N–H and O–H groups in total. The first kappa shape index (κ1) is 18.3. The minimum atomic E-state index is -0.221. The number of hydrogen-bond donors (Lipinski definition) is 1. The maximum Gasteiger partial charge on any atom is 0.277 e. The van der Waals surface area contributed by atoms with Gasteiger partial charge in [0.05, 0.1) is 18.0 Å².